The van der Waals surface area contributed by atoms with Crippen molar-refractivity contribution in [1.82, 2.24) is 4.57 Å². The van der Waals surface area contributed by atoms with Crippen molar-refractivity contribution in [3.8, 4) is 5.75 Å². The number of hydrogen-bond acceptors (Lipinski definition) is 3. The van der Waals surface area contributed by atoms with Gasteiger partial charge in [-0.1, -0.05) is 28.1 Å². The van der Waals surface area contributed by atoms with Crippen molar-refractivity contribution >= 4 is 32.8 Å². The van der Waals surface area contributed by atoms with Crippen LogP contribution in [0.3, 0.4) is 0 Å². The van der Waals surface area contributed by atoms with Gasteiger partial charge in [0.25, 0.3) is 0 Å². The smallest absolute Gasteiger partial charge is 0.305 e. The van der Waals surface area contributed by atoms with Gasteiger partial charge in [-0.05, 0) is 73.1 Å². The van der Waals surface area contributed by atoms with Gasteiger partial charge >= 0.3 is 5.97 Å². The summed E-state index contributed by atoms with van der Waals surface area (Å²) in [7, 11) is 3.17. The molecule has 0 saturated heterocycles. The van der Waals surface area contributed by atoms with Gasteiger partial charge in [0.15, 0.2) is 0 Å². The summed E-state index contributed by atoms with van der Waals surface area (Å²) in [5, 5.41) is 1.24. The predicted molar refractivity (Wildman–Crippen MR) is 119 cm³/mol. The molecule has 1 fully saturated rings. The van der Waals surface area contributed by atoms with E-state index in [1.54, 1.807) is 7.11 Å². The number of halogens is 1. The Morgan fingerprint density at radius 2 is 1.86 bits per heavy atom. The van der Waals surface area contributed by atoms with Gasteiger partial charge in [0.2, 0.25) is 0 Å². The zero-order valence-electron chi connectivity index (χ0n) is 17.1. The van der Waals surface area contributed by atoms with E-state index in [0.717, 1.165) is 36.0 Å². The molecule has 0 amide bonds. The largest absolute Gasteiger partial charge is 0.497 e. The molecule has 0 bridgehead atoms. The van der Waals surface area contributed by atoms with E-state index in [0.29, 0.717) is 6.42 Å². The number of carbonyl (C=O) groups excluding carboxylic acids is 1. The molecule has 1 heterocycles. The SMILES string of the molecule is COC(=O)CCC1(c2c(C)n(Cc3ccc(Br)cc3)c3ccc(OC)cc23)CC1. The Morgan fingerprint density at radius 1 is 1.14 bits per heavy atom. The van der Waals surface area contributed by atoms with Crippen LogP contribution in [0.4, 0.5) is 0 Å². The molecule has 2 aromatic carbocycles. The molecule has 0 aliphatic heterocycles. The molecule has 5 heteroatoms. The van der Waals surface area contributed by atoms with Crippen molar-refractivity contribution in [3.05, 3.63) is 63.8 Å². The van der Waals surface area contributed by atoms with Crippen LogP contribution in [0.25, 0.3) is 10.9 Å². The van der Waals surface area contributed by atoms with E-state index in [1.165, 1.54) is 34.8 Å². The average Bonchev–Trinajstić information content (AvgIpc) is 3.46. The maximum atomic E-state index is 11.8. The number of rotatable bonds is 7. The zero-order chi connectivity index (χ0) is 20.6. The third-order valence-corrected chi connectivity index (χ3v) is 6.73. The van der Waals surface area contributed by atoms with Gasteiger partial charge in [0.1, 0.15) is 5.75 Å². The second kappa shape index (κ2) is 7.86. The highest BCUT2D eigenvalue weighted by molar-refractivity contribution is 9.10. The van der Waals surface area contributed by atoms with Crippen molar-refractivity contribution in [1.29, 1.82) is 0 Å². The fourth-order valence-electron chi connectivity index (χ4n) is 4.45. The Kier molecular flexibility index (Phi) is 5.43. The number of benzene rings is 2. The monoisotopic (exact) mass is 455 g/mol. The highest BCUT2D eigenvalue weighted by Gasteiger charge is 2.47. The second-order valence-corrected chi connectivity index (χ2v) is 8.83. The number of methoxy groups -OCH3 is 2. The zero-order valence-corrected chi connectivity index (χ0v) is 18.7. The van der Waals surface area contributed by atoms with Gasteiger partial charge in [0, 0.05) is 34.0 Å². The van der Waals surface area contributed by atoms with Crippen LogP contribution in [0.2, 0.25) is 0 Å². The van der Waals surface area contributed by atoms with E-state index in [1.807, 2.05) is 6.07 Å². The van der Waals surface area contributed by atoms with Crippen molar-refractivity contribution in [2.75, 3.05) is 14.2 Å². The van der Waals surface area contributed by atoms with Gasteiger partial charge in [0.05, 0.1) is 14.2 Å². The Bertz CT molecular complexity index is 1050. The maximum absolute atomic E-state index is 11.8. The van der Waals surface area contributed by atoms with E-state index < -0.39 is 0 Å². The van der Waals surface area contributed by atoms with Crippen LogP contribution in [-0.2, 0) is 21.5 Å². The molecule has 29 heavy (non-hydrogen) atoms. The lowest BCUT2D eigenvalue weighted by molar-refractivity contribution is -0.140. The fourth-order valence-corrected chi connectivity index (χ4v) is 4.72. The summed E-state index contributed by atoms with van der Waals surface area (Å²) in [6, 6.07) is 14.8. The van der Waals surface area contributed by atoms with Crippen LogP contribution >= 0.6 is 15.9 Å². The van der Waals surface area contributed by atoms with Crippen molar-refractivity contribution in [2.45, 2.75) is 44.6 Å². The number of nitrogens with zero attached hydrogens (tertiary/aromatic N) is 1. The number of esters is 1. The number of ether oxygens (including phenoxy) is 2. The Hall–Kier alpha value is -2.27. The fraction of sp³-hybridized carbons (Fsp3) is 0.375. The minimum atomic E-state index is -0.134. The number of carbonyl (C=O) groups is 1. The Balaban J connectivity index is 1.80. The minimum absolute atomic E-state index is 0.0633. The molecule has 0 unspecified atom stereocenters. The molecule has 0 radical (unpaired) electrons. The van der Waals surface area contributed by atoms with Crippen LogP contribution in [0.1, 0.15) is 42.5 Å². The molecule has 1 aliphatic rings. The molecular formula is C24H26BrNO3. The summed E-state index contributed by atoms with van der Waals surface area (Å²) < 4.78 is 13.9. The van der Waals surface area contributed by atoms with E-state index in [9.17, 15) is 4.79 Å². The molecule has 1 aliphatic carbocycles. The molecular weight excluding hydrogens is 430 g/mol. The predicted octanol–water partition coefficient (Wildman–Crippen LogP) is 5.75. The standard InChI is InChI=1S/C24H26BrNO3/c1-16-23(24(12-13-24)11-10-22(27)29-3)20-14-19(28-2)8-9-21(20)26(16)15-17-4-6-18(25)7-5-17/h4-9,14H,10-13,15H2,1-3H3. The van der Waals surface area contributed by atoms with Gasteiger partial charge < -0.3 is 14.0 Å². The minimum Gasteiger partial charge on any atom is -0.497 e. The van der Waals surface area contributed by atoms with Crippen LogP contribution < -0.4 is 4.74 Å². The van der Waals surface area contributed by atoms with Crippen LogP contribution in [0, 0.1) is 6.92 Å². The third kappa shape index (κ3) is 3.80. The van der Waals surface area contributed by atoms with E-state index in [4.69, 9.17) is 9.47 Å². The summed E-state index contributed by atoms with van der Waals surface area (Å²) in [5.41, 5.74) is 5.18. The molecule has 0 spiro atoms. The van der Waals surface area contributed by atoms with E-state index >= 15 is 0 Å². The van der Waals surface area contributed by atoms with Crippen molar-refractivity contribution < 1.29 is 14.3 Å². The first-order valence-corrected chi connectivity index (χ1v) is 10.8. The Morgan fingerprint density at radius 3 is 2.48 bits per heavy atom. The normalized spacial score (nSPS) is 14.8. The summed E-state index contributed by atoms with van der Waals surface area (Å²) in [4.78, 5) is 11.8. The molecule has 4 rings (SSSR count). The molecule has 4 nitrogen and oxygen atoms in total. The highest BCUT2D eigenvalue weighted by atomic mass is 79.9. The topological polar surface area (TPSA) is 40.5 Å². The summed E-state index contributed by atoms with van der Waals surface area (Å²) in [6.07, 6.45) is 3.51. The average molecular weight is 456 g/mol. The highest BCUT2D eigenvalue weighted by Crippen LogP contribution is 2.55. The maximum Gasteiger partial charge on any atom is 0.305 e. The Labute approximate surface area is 179 Å². The van der Waals surface area contributed by atoms with Gasteiger partial charge in [-0.25, -0.2) is 0 Å². The first-order valence-electron chi connectivity index (χ1n) is 9.96. The van der Waals surface area contributed by atoms with Gasteiger partial charge in [-0.15, -0.1) is 0 Å². The first-order chi connectivity index (χ1) is 14.0. The second-order valence-electron chi connectivity index (χ2n) is 7.91. The lowest BCUT2D eigenvalue weighted by atomic mass is 9.88. The van der Waals surface area contributed by atoms with Crippen LogP contribution in [0.5, 0.6) is 5.75 Å². The number of hydrogen-bond donors (Lipinski definition) is 0. The van der Waals surface area contributed by atoms with Crippen molar-refractivity contribution in [2.24, 2.45) is 0 Å². The third-order valence-electron chi connectivity index (χ3n) is 6.20. The molecule has 1 saturated carbocycles. The van der Waals surface area contributed by atoms with E-state index in [-0.39, 0.29) is 11.4 Å². The van der Waals surface area contributed by atoms with E-state index in [2.05, 4.69) is 63.8 Å². The molecule has 152 valence electrons. The molecule has 0 N–H and O–H groups in total. The van der Waals surface area contributed by atoms with Gasteiger partial charge in [-0.2, -0.15) is 0 Å². The lowest BCUT2D eigenvalue weighted by Gasteiger charge is -2.17. The molecule has 0 atom stereocenters. The number of fused-ring (bicyclic) bond motifs is 1. The summed E-state index contributed by atoms with van der Waals surface area (Å²) >= 11 is 3.52. The molecule has 3 aromatic rings. The summed E-state index contributed by atoms with van der Waals surface area (Å²) in [6.45, 7) is 3.02. The quantitative estimate of drug-likeness (QED) is 0.425. The van der Waals surface area contributed by atoms with Crippen LogP contribution in [0.15, 0.2) is 46.9 Å². The summed E-state index contributed by atoms with van der Waals surface area (Å²) in [5.74, 6) is 0.730. The van der Waals surface area contributed by atoms with Crippen molar-refractivity contribution in [3.63, 3.8) is 0 Å². The lowest BCUT2D eigenvalue weighted by Crippen LogP contribution is -2.12. The first kappa shape index (κ1) is 20.0. The number of aromatic nitrogens is 1. The van der Waals surface area contributed by atoms with Crippen LogP contribution in [-0.4, -0.2) is 24.8 Å². The van der Waals surface area contributed by atoms with Gasteiger partial charge in [-0.3, -0.25) is 4.79 Å². The molecule has 1 aromatic heterocycles.